The number of nitrogens with zero attached hydrogens (tertiary/aromatic N) is 4. The van der Waals surface area contributed by atoms with Gasteiger partial charge in [0, 0.05) is 60.9 Å². The van der Waals surface area contributed by atoms with Crippen molar-refractivity contribution in [3.63, 3.8) is 0 Å². The number of aromatic nitrogens is 2. The molecule has 4 atom stereocenters. The van der Waals surface area contributed by atoms with Crippen LogP contribution in [0.2, 0.25) is 5.02 Å². The van der Waals surface area contributed by atoms with Crippen molar-refractivity contribution in [3.8, 4) is 0 Å². The molecule has 254 valence electrons. The zero-order valence-corrected chi connectivity index (χ0v) is 28.9. The van der Waals surface area contributed by atoms with E-state index in [9.17, 15) is 14.4 Å². The van der Waals surface area contributed by atoms with Gasteiger partial charge in [0.05, 0.1) is 54.5 Å². The average Bonchev–Trinajstić information content (AvgIpc) is 3.79. The Balaban J connectivity index is 1.20. The second-order valence-corrected chi connectivity index (χ2v) is 14.2. The molecular weight excluding hydrogens is 657 g/mol. The second-order valence-electron chi connectivity index (χ2n) is 12.6. The van der Waals surface area contributed by atoms with Crippen LogP contribution in [0.5, 0.6) is 0 Å². The highest BCUT2D eigenvalue weighted by molar-refractivity contribution is 7.11. The number of morpholine rings is 1. The maximum atomic E-state index is 15.6. The number of nitrogens with one attached hydrogen (secondary N) is 1. The number of carbonyl (C=O) groups excluding carboxylic acids is 3. The zero-order chi connectivity index (χ0) is 34.1. The largest absolute Gasteiger partial charge is 0.469 e. The van der Waals surface area contributed by atoms with Crippen LogP contribution in [0.25, 0.3) is 10.9 Å². The number of likely N-dealkylation sites (tertiary alicyclic amines) is 1. The summed E-state index contributed by atoms with van der Waals surface area (Å²) in [4.78, 5) is 48.6. The molecular formula is C35H39ClFN5O5S. The maximum absolute atomic E-state index is 15.6. The number of benzene rings is 2. The van der Waals surface area contributed by atoms with Gasteiger partial charge in [-0.2, -0.15) is 0 Å². The van der Waals surface area contributed by atoms with Crippen LogP contribution in [-0.2, 0) is 39.0 Å². The molecule has 2 aliphatic rings. The van der Waals surface area contributed by atoms with Crippen LogP contribution in [0.3, 0.4) is 0 Å². The number of para-hydroxylation sites is 1. The molecule has 0 unspecified atom stereocenters. The van der Waals surface area contributed by atoms with Crippen LogP contribution in [0.1, 0.15) is 58.5 Å². The number of hydrogen-bond acceptors (Lipinski definition) is 8. The van der Waals surface area contributed by atoms with Gasteiger partial charge in [0.15, 0.2) is 0 Å². The molecule has 2 fully saturated rings. The van der Waals surface area contributed by atoms with Gasteiger partial charge in [0.25, 0.3) is 5.91 Å². The van der Waals surface area contributed by atoms with Crippen LogP contribution >= 0.6 is 22.9 Å². The topological polar surface area (TPSA) is 106 Å². The summed E-state index contributed by atoms with van der Waals surface area (Å²) in [5.74, 6) is -1.59. The number of fused-ring (bicyclic) bond motifs is 1. The summed E-state index contributed by atoms with van der Waals surface area (Å²) in [6.45, 7) is 6.07. The molecule has 2 aliphatic heterocycles. The minimum Gasteiger partial charge on any atom is -0.469 e. The lowest BCUT2D eigenvalue weighted by atomic mass is 10.1. The van der Waals surface area contributed by atoms with Crippen LogP contribution < -0.4 is 5.32 Å². The van der Waals surface area contributed by atoms with E-state index in [-0.39, 0.29) is 65.3 Å². The summed E-state index contributed by atoms with van der Waals surface area (Å²) >= 11 is 8.05. The monoisotopic (exact) mass is 695 g/mol. The summed E-state index contributed by atoms with van der Waals surface area (Å²) < 4.78 is 28.2. The molecule has 2 aromatic heterocycles. The van der Waals surface area contributed by atoms with E-state index in [1.165, 1.54) is 30.6 Å². The van der Waals surface area contributed by atoms with Gasteiger partial charge in [-0.25, -0.2) is 9.37 Å². The SMILES string of the molecule is COC(=O)CCc1cnc([C@@H]2C[C@H](N3C[C@@H](C)O[C@@H](C)C3)CN2C(=O)Cc2cc(Cl)c(NC(=O)c3cn(C)c4ccccc34)cc2F)s1. The van der Waals surface area contributed by atoms with Crippen LogP contribution in [-0.4, -0.2) is 82.1 Å². The number of aryl methyl sites for hydroxylation is 2. The van der Waals surface area contributed by atoms with Crippen molar-refractivity contribution < 1.29 is 28.2 Å². The average molecular weight is 696 g/mol. The highest BCUT2D eigenvalue weighted by atomic mass is 35.5. The van der Waals surface area contributed by atoms with Gasteiger partial charge in [0.1, 0.15) is 10.8 Å². The fourth-order valence-electron chi connectivity index (χ4n) is 6.82. The number of anilines is 1. The number of amides is 2. The fraction of sp³-hybridized carbons (Fsp3) is 0.429. The van der Waals surface area contributed by atoms with Gasteiger partial charge in [0.2, 0.25) is 5.91 Å². The zero-order valence-electron chi connectivity index (χ0n) is 27.4. The van der Waals surface area contributed by atoms with Crippen molar-refractivity contribution >= 4 is 57.3 Å². The smallest absolute Gasteiger partial charge is 0.305 e. The standard InChI is InChI=1S/C35H39ClFN5O5S/c1-20-16-41(17-21(2)47-20)23-13-31(35-38-15-24(48-35)9-10-33(44)46-4)42(18-23)32(43)12-22-11-27(36)29(14-28(22)37)39-34(45)26-19-40(3)30-8-6-5-7-25(26)30/h5-8,11,14-15,19-21,23,31H,9-10,12-13,16-18H2,1-4H3,(H,39,45)/t20-,21+,23-,31-/m0/s1. The van der Waals surface area contributed by atoms with Gasteiger partial charge < -0.3 is 24.3 Å². The molecule has 4 aromatic rings. The number of hydrogen-bond donors (Lipinski definition) is 1. The van der Waals surface area contributed by atoms with E-state index in [1.807, 2.05) is 49.7 Å². The number of esters is 1. The van der Waals surface area contributed by atoms with Crippen molar-refractivity contribution in [2.45, 2.75) is 63.8 Å². The number of methoxy groups -OCH3 is 1. The Hall–Kier alpha value is -3.84. The number of ether oxygens (including phenoxy) is 2. The Labute approximate surface area is 287 Å². The Morgan fingerprint density at radius 3 is 2.65 bits per heavy atom. The molecule has 1 N–H and O–H groups in total. The van der Waals surface area contributed by atoms with Gasteiger partial charge in [-0.1, -0.05) is 29.8 Å². The third-order valence-corrected chi connectivity index (χ3v) is 10.6. The number of carbonyl (C=O) groups is 3. The van der Waals surface area contributed by atoms with Crippen molar-refractivity contribution in [2.24, 2.45) is 7.05 Å². The number of thiazole rings is 1. The quantitative estimate of drug-likeness (QED) is 0.222. The minimum atomic E-state index is -0.636. The predicted molar refractivity (Wildman–Crippen MR) is 183 cm³/mol. The van der Waals surface area contributed by atoms with E-state index in [1.54, 1.807) is 17.3 Å². The van der Waals surface area contributed by atoms with Crippen molar-refractivity contribution in [2.75, 3.05) is 32.1 Å². The first-order valence-electron chi connectivity index (χ1n) is 16.0. The first-order valence-corrected chi connectivity index (χ1v) is 17.2. The Kier molecular flexibility index (Phi) is 10.2. The lowest BCUT2D eigenvalue weighted by molar-refractivity contribution is -0.140. The van der Waals surface area contributed by atoms with Gasteiger partial charge in [-0.05, 0) is 50.5 Å². The van der Waals surface area contributed by atoms with E-state index in [0.717, 1.165) is 33.9 Å². The highest BCUT2D eigenvalue weighted by Gasteiger charge is 2.42. The number of rotatable bonds is 9. The Bertz CT molecular complexity index is 1830. The van der Waals surface area contributed by atoms with Crippen LogP contribution in [0, 0.1) is 5.82 Å². The predicted octanol–water partition coefficient (Wildman–Crippen LogP) is 5.78. The van der Waals surface area contributed by atoms with E-state index < -0.39 is 11.7 Å². The third-order valence-electron chi connectivity index (χ3n) is 9.09. The van der Waals surface area contributed by atoms with E-state index >= 15 is 4.39 Å². The molecule has 0 spiro atoms. The molecule has 0 saturated carbocycles. The lowest BCUT2D eigenvalue weighted by Gasteiger charge is -2.38. The van der Waals surface area contributed by atoms with E-state index in [2.05, 4.69) is 15.2 Å². The van der Waals surface area contributed by atoms with Crippen LogP contribution in [0.15, 0.2) is 48.8 Å². The molecule has 2 amide bonds. The summed E-state index contributed by atoms with van der Waals surface area (Å²) in [5.41, 5.74) is 1.60. The summed E-state index contributed by atoms with van der Waals surface area (Å²) in [6.07, 6.45) is 4.83. The van der Waals surface area contributed by atoms with Gasteiger partial charge in [-0.15, -0.1) is 11.3 Å². The van der Waals surface area contributed by atoms with E-state index in [4.69, 9.17) is 21.1 Å². The molecule has 2 aromatic carbocycles. The first kappa shape index (κ1) is 34.0. The van der Waals surface area contributed by atoms with Crippen molar-refractivity contribution in [3.05, 3.63) is 80.6 Å². The minimum absolute atomic E-state index is 0.0672. The highest BCUT2D eigenvalue weighted by Crippen LogP contribution is 2.38. The van der Waals surface area contributed by atoms with E-state index in [0.29, 0.717) is 24.9 Å². The summed E-state index contributed by atoms with van der Waals surface area (Å²) in [7, 11) is 3.22. The summed E-state index contributed by atoms with van der Waals surface area (Å²) in [5, 5.41) is 4.43. The second kappa shape index (κ2) is 14.3. The van der Waals surface area contributed by atoms with Gasteiger partial charge >= 0.3 is 5.97 Å². The lowest BCUT2D eigenvalue weighted by Crippen LogP contribution is -2.51. The maximum Gasteiger partial charge on any atom is 0.305 e. The molecule has 0 radical (unpaired) electrons. The third kappa shape index (κ3) is 7.26. The van der Waals surface area contributed by atoms with Crippen LogP contribution in [0.4, 0.5) is 10.1 Å². The molecule has 48 heavy (non-hydrogen) atoms. The first-order chi connectivity index (χ1) is 23.0. The molecule has 4 heterocycles. The molecule has 6 rings (SSSR count). The summed E-state index contributed by atoms with van der Waals surface area (Å²) in [6, 6.07) is 9.88. The molecule has 0 aliphatic carbocycles. The van der Waals surface area contributed by atoms with Crippen molar-refractivity contribution in [1.29, 1.82) is 0 Å². The number of halogens is 2. The van der Waals surface area contributed by atoms with Crippen molar-refractivity contribution in [1.82, 2.24) is 19.4 Å². The molecule has 10 nitrogen and oxygen atoms in total. The molecule has 13 heteroatoms. The molecule has 0 bridgehead atoms. The van der Waals surface area contributed by atoms with Gasteiger partial charge in [-0.3, -0.25) is 19.3 Å². The Morgan fingerprint density at radius 1 is 1.15 bits per heavy atom. The fourth-order valence-corrected chi connectivity index (χ4v) is 8.10. The molecule has 2 saturated heterocycles. The Morgan fingerprint density at radius 2 is 1.90 bits per heavy atom. The normalized spacial score (nSPS) is 21.5.